The molecule has 8 heteroatoms. The Morgan fingerprint density at radius 3 is 2.79 bits per heavy atom. The van der Waals surface area contributed by atoms with Crippen molar-refractivity contribution >= 4 is 5.97 Å². The minimum atomic E-state index is -1.12. The second kappa shape index (κ2) is 5.61. The predicted octanol–water partition coefficient (Wildman–Crippen LogP) is 0.149. The predicted molar refractivity (Wildman–Crippen MR) is 65.5 cm³/mol. The van der Waals surface area contributed by atoms with Gasteiger partial charge >= 0.3 is 5.97 Å². The average Bonchev–Trinajstić information content (AvgIpc) is 2.95. The number of aliphatic hydroxyl groups excluding tert-OH is 1. The van der Waals surface area contributed by atoms with E-state index in [2.05, 4.69) is 15.4 Å². The number of aliphatic hydroxyl groups is 1. The van der Waals surface area contributed by atoms with Crippen LogP contribution in [0.3, 0.4) is 0 Å². The van der Waals surface area contributed by atoms with Crippen molar-refractivity contribution in [2.45, 2.75) is 19.4 Å². The maximum atomic E-state index is 11.2. The molecule has 8 nitrogen and oxygen atoms in total. The number of nitrogens with zero attached hydrogens (tertiary/aromatic N) is 5. The lowest BCUT2D eigenvalue weighted by Gasteiger charge is -2.04. The first-order valence-electron chi connectivity index (χ1n) is 5.90. The summed E-state index contributed by atoms with van der Waals surface area (Å²) in [5.41, 5.74) is 1.02. The van der Waals surface area contributed by atoms with E-state index in [0.717, 1.165) is 0 Å². The molecule has 0 saturated heterocycles. The molecule has 0 atom stereocenters. The van der Waals surface area contributed by atoms with Gasteiger partial charge in [0.2, 0.25) is 0 Å². The number of hydrogen-bond acceptors (Lipinski definition) is 5. The lowest BCUT2D eigenvalue weighted by molar-refractivity contribution is 0.0691. The topological polar surface area (TPSA) is 106 Å². The molecule has 2 N–H and O–H groups in total. The van der Waals surface area contributed by atoms with Gasteiger partial charge in [-0.15, -0.1) is 5.10 Å². The van der Waals surface area contributed by atoms with Gasteiger partial charge in [0.25, 0.3) is 0 Å². The monoisotopic (exact) mass is 265 g/mol. The maximum absolute atomic E-state index is 11.2. The highest BCUT2D eigenvalue weighted by atomic mass is 16.4. The Morgan fingerprint density at radius 2 is 2.21 bits per heavy atom. The third-order valence-corrected chi connectivity index (χ3v) is 2.69. The lowest BCUT2D eigenvalue weighted by atomic mass is 10.2. The van der Waals surface area contributed by atoms with E-state index in [-0.39, 0.29) is 12.3 Å². The van der Waals surface area contributed by atoms with Crippen LogP contribution < -0.4 is 0 Å². The number of aryl methyl sites for hydroxylation is 2. The fourth-order valence-corrected chi connectivity index (χ4v) is 1.82. The van der Waals surface area contributed by atoms with Gasteiger partial charge in [0.1, 0.15) is 5.69 Å². The summed E-state index contributed by atoms with van der Waals surface area (Å²) < 4.78 is 3.13. The Bertz CT molecular complexity index is 575. The number of hydrogen-bond donors (Lipinski definition) is 2. The van der Waals surface area contributed by atoms with E-state index in [9.17, 15) is 4.79 Å². The third-order valence-electron chi connectivity index (χ3n) is 2.69. The summed E-state index contributed by atoms with van der Waals surface area (Å²) in [5, 5.41) is 29.5. The Balaban J connectivity index is 2.36. The van der Waals surface area contributed by atoms with Crippen LogP contribution >= 0.6 is 0 Å². The number of carboxylic acids is 1. The quantitative estimate of drug-likeness (QED) is 0.720. The average molecular weight is 265 g/mol. The SMILES string of the molecule is Cn1cc(-c2c(C(=O)O)nnn2CCCCO)cn1. The first kappa shape index (κ1) is 13.2. The Morgan fingerprint density at radius 1 is 1.42 bits per heavy atom. The number of aromatic carboxylic acids is 1. The normalized spacial score (nSPS) is 10.8. The molecule has 0 unspecified atom stereocenters. The van der Waals surface area contributed by atoms with Gasteiger partial charge in [-0.2, -0.15) is 5.10 Å². The molecule has 0 aliphatic carbocycles. The Labute approximate surface area is 109 Å². The number of unbranched alkanes of at least 4 members (excludes halogenated alkanes) is 1. The maximum Gasteiger partial charge on any atom is 0.358 e. The largest absolute Gasteiger partial charge is 0.476 e. The van der Waals surface area contributed by atoms with Gasteiger partial charge in [-0.3, -0.25) is 4.68 Å². The molecule has 0 fully saturated rings. The van der Waals surface area contributed by atoms with Crippen LogP contribution in [0.15, 0.2) is 12.4 Å². The van der Waals surface area contributed by atoms with Crippen molar-refractivity contribution in [2.75, 3.05) is 6.61 Å². The molecule has 0 radical (unpaired) electrons. The third kappa shape index (κ3) is 2.79. The molecule has 2 heterocycles. The lowest BCUT2D eigenvalue weighted by Crippen LogP contribution is -2.05. The highest BCUT2D eigenvalue weighted by Gasteiger charge is 2.21. The summed E-state index contributed by atoms with van der Waals surface area (Å²) in [4.78, 5) is 11.2. The van der Waals surface area contributed by atoms with E-state index in [0.29, 0.717) is 30.6 Å². The second-order valence-corrected chi connectivity index (χ2v) is 4.15. The summed E-state index contributed by atoms with van der Waals surface area (Å²) in [5.74, 6) is -1.12. The minimum absolute atomic E-state index is 0.0861. The second-order valence-electron chi connectivity index (χ2n) is 4.15. The zero-order chi connectivity index (χ0) is 13.8. The fraction of sp³-hybridized carbons (Fsp3) is 0.455. The molecule has 2 aromatic rings. The van der Waals surface area contributed by atoms with Crippen molar-refractivity contribution in [1.29, 1.82) is 0 Å². The van der Waals surface area contributed by atoms with Crippen molar-refractivity contribution in [3.05, 3.63) is 18.1 Å². The van der Waals surface area contributed by atoms with E-state index in [1.54, 1.807) is 24.1 Å². The standard InChI is InChI=1S/C11H15N5O3/c1-15-7-8(6-12-15)10-9(11(18)19)13-14-16(10)4-2-3-5-17/h6-7,17H,2-5H2,1H3,(H,18,19). The van der Waals surface area contributed by atoms with Gasteiger partial charge in [-0.1, -0.05) is 5.21 Å². The molecule has 0 saturated carbocycles. The van der Waals surface area contributed by atoms with Crippen LogP contribution in [-0.2, 0) is 13.6 Å². The van der Waals surface area contributed by atoms with Crippen LogP contribution in [0.25, 0.3) is 11.3 Å². The first-order chi connectivity index (χ1) is 9.13. The molecule has 102 valence electrons. The molecule has 0 aromatic carbocycles. The van der Waals surface area contributed by atoms with Gasteiger partial charge in [0.15, 0.2) is 5.69 Å². The van der Waals surface area contributed by atoms with Gasteiger partial charge < -0.3 is 10.2 Å². The molecule has 0 aliphatic heterocycles. The van der Waals surface area contributed by atoms with Crippen LogP contribution in [0.5, 0.6) is 0 Å². The molecule has 0 bridgehead atoms. The Hall–Kier alpha value is -2.22. The summed E-state index contributed by atoms with van der Waals surface area (Å²) in [7, 11) is 1.75. The number of carbonyl (C=O) groups is 1. The van der Waals surface area contributed by atoms with Crippen LogP contribution in [-0.4, -0.2) is 47.6 Å². The van der Waals surface area contributed by atoms with Gasteiger partial charge in [-0.25, -0.2) is 9.48 Å². The first-order valence-corrected chi connectivity index (χ1v) is 5.90. The molecular formula is C11H15N5O3. The minimum Gasteiger partial charge on any atom is -0.476 e. The molecular weight excluding hydrogens is 250 g/mol. The Kier molecular flexibility index (Phi) is 3.91. The van der Waals surface area contributed by atoms with Crippen molar-refractivity contribution in [1.82, 2.24) is 24.8 Å². The summed E-state index contributed by atoms with van der Waals surface area (Å²) >= 11 is 0. The van der Waals surface area contributed by atoms with Crippen LogP contribution in [0, 0.1) is 0 Å². The zero-order valence-electron chi connectivity index (χ0n) is 10.5. The number of aromatic nitrogens is 5. The molecule has 19 heavy (non-hydrogen) atoms. The van der Waals surface area contributed by atoms with Crippen molar-refractivity contribution < 1.29 is 15.0 Å². The van der Waals surface area contributed by atoms with E-state index >= 15 is 0 Å². The van der Waals surface area contributed by atoms with Crippen molar-refractivity contribution in [3.8, 4) is 11.3 Å². The fourth-order valence-electron chi connectivity index (χ4n) is 1.82. The van der Waals surface area contributed by atoms with E-state index in [4.69, 9.17) is 10.2 Å². The van der Waals surface area contributed by atoms with E-state index in [1.165, 1.54) is 4.68 Å². The highest BCUT2D eigenvalue weighted by Crippen LogP contribution is 2.22. The van der Waals surface area contributed by atoms with Crippen LogP contribution in [0.4, 0.5) is 0 Å². The molecule has 0 amide bonds. The smallest absolute Gasteiger partial charge is 0.358 e. The summed E-state index contributed by atoms with van der Waals surface area (Å²) in [6.07, 6.45) is 4.63. The zero-order valence-corrected chi connectivity index (χ0v) is 10.5. The van der Waals surface area contributed by atoms with E-state index < -0.39 is 5.97 Å². The van der Waals surface area contributed by atoms with Gasteiger partial charge in [0, 0.05) is 32.0 Å². The molecule has 0 spiro atoms. The highest BCUT2D eigenvalue weighted by molar-refractivity contribution is 5.92. The summed E-state index contributed by atoms with van der Waals surface area (Å²) in [6, 6.07) is 0. The van der Waals surface area contributed by atoms with E-state index in [1.807, 2.05) is 0 Å². The van der Waals surface area contributed by atoms with Crippen LogP contribution in [0.2, 0.25) is 0 Å². The van der Waals surface area contributed by atoms with Crippen molar-refractivity contribution in [2.24, 2.45) is 7.05 Å². The van der Waals surface area contributed by atoms with Gasteiger partial charge in [-0.05, 0) is 12.8 Å². The summed E-state index contributed by atoms with van der Waals surface area (Å²) in [6.45, 7) is 0.605. The van der Waals surface area contributed by atoms with Gasteiger partial charge in [0.05, 0.1) is 6.20 Å². The number of carboxylic acid groups (broad SMARTS) is 1. The van der Waals surface area contributed by atoms with Crippen molar-refractivity contribution in [3.63, 3.8) is 0 Å². The molecule has 0 aliphatic rings. The van der Waals surface area contributed by atoms with Crippen LogP contribution in [0.1, 0.15) is 23.3 Å². The molecule has 2 rings (SSSR count). The number of rotatable bonds is 6. The molecule has 2 aromatic heterocycles.